The van der Waals surface area contributed by atoms with E-state index in [-0.39, 0.29) is 23.8 Å². The topological polar surface area (TPSA) is 106 Å². The Morgan fingerprint density at radius 1 is 1.29 bits per heavy atom. The first-order valence-electron chi connectivity index (χ1n) is 12.2. The van der Waals surface area contributed by atoms with Gasteiger partial charge in [-0.1, -0.05) is 18.2 Å². The zero-order valence-electron chi connectivity index (χ0n) is 20.7. The summed E-state index contributed by atoms with van der Waals surface area (Å²) < 4.78 is 0. The minimum atomic E-state index is -0.341. The molecule has 1 aromatic heterocycles. The van der Waals surface area contributed by atoms with Crippen LogP contribution in [-0.4, -0.2) is 68.1 Å². The molecule has 2 aliphatic rings. The maximum Gasteiger partial charge on any atom is 0.324 e. The molecule has 0 bridgehead atoms. The molecule has 0 radical (unpaired) electrons. The number of urea groups is 1. The highest BCUT2D eigenvalue weighted by molar-refractivity contribution is 7.16. The van der Waals surface area contributed by atoms with Crippen molar-refractivity contribution in [3.05, 3.63) is 46.3 Å². The van der Waals surface area contributed by atoms with Crippen LogP contribution in [0.4, 0.5) is 15.5 Å². The maximum atomic E-state index is 13.4. The molecule has 1 aromatic carbocycles. The molecular formula is C26H34N6O2S. The number of piperidine rings is 1. The van der Waals surface area contributed by atoms with Gasteiger partial charge in [-0.15, -0.1) is 11.3 Å². The predicted octanol–water partition coefficient (Wildman–Crippen LogP) is 2.93. The van der Waals surface area contributed by atoms with Gasteiger partial charge in [-0.05, 0) is 56.8 Å². The third kappa shape index (κ3) is 5.14. The Hall–Kier alpha value is -3.09. The van der Waals surface area contributed by atoms with Gasteiger partial charge in [-0.2, -0.15) is 5.26 Å². The van der Waals surface area contributed by atoms with Crippen LogP contribution in [0.25, 0.3) is 0 Å². The molecule has 2 aromatic rings. The highest BCUT2D eigenvalue weighted by Gasteiger charge is 2.43. The van der Waals surface area contributed by atoms with E-state index in [1.165, 1.54) is 21.1 Å². The fourth-order valence-corrected chi connectivity index (χ4v) is 6.61. The summed E-state index contributed by atoms with van der Waals surface area (Å²) in [5, 5.41) is 13.1. The molecule has 35 heavy (non-hydrogen) atoms. The van der Waals surface area contributed by atoms with Gasteiger partial charge in [0.1, 0.15) is 11.1 Å². The Kier molecular flexibility index (Phi) is 7.63. The monoisotopic (exact) mass is 494 g/mol. The quantitative estimate of drug-likeness (QED) is 0.640. The van der Waals surface area contributed by atoms with E-state index in [0.29, 0.717) is 49.2 Å². The van der Waals surface area contributed by atoms with Gasteiger partial charge < -0.3 is 20.9 Å². The lowest BCUT2D eigenvalue weighted by atomic mass is 9.74. The number of fused-ring (bicyclic) bond motifs is 2. The van der Waals surface area contributed by atoms with Gasteiger partial charge in [0.15, 0.2) is 0 Å². The van der Waals surface area contributed by atoms with Crippen molar-refractivity contribution in [3.63, 3.8) is 0 Å². The number of imide groups is 1. The lowest BCUT2D eigenvalue weighted by Gasteiger charge is -2.45. The number of nitrogen functional groups attached to an aromatic ring is 1. The van der Waals surface area contributed by atoms with Crippen molar-refractivity contribution in [1.82, 2.24) is 15.1 Å². The van der Waals surface area contributed by atoms with E-state index in [9.17, 15) is 14.9 Å². The van der Waals surface area contributed by atoms with Gasteiger partial charge in [0.25, 0.3) is 0 Å². The van der Waals surface area contributed by atoms with E-state index in [2.05, 4.69) is 28.2 Å². The molecule has 2 heterocycles. The van der Waals surface area contributed by atoms with E-state index in [0.717, 1.165) is 24.1 Å². The molecule has 1 fully saturated rings. The fourth-order valence-electron chi connectivity index (χ4n) is 5.51. The average Bonchev–Trinajstić information content (AvgIpc) is 3.17. The first kappa shape index (κ1) is 25.0. The van der Waals surface area contributed by atoms with Gasteiger partial charge >= 0.3 is 6.03 Å². The van der Waals surface area contributed by atoms with E-state index in [1.807, 2.05) is 44.3 Å². The number of carbonyl (C=O) groups excluding carboxylic acids is 2. The number of para-hydroxylation sites is 1. The van der Waals surface area contributed by atoms with Gasteiger partial charge in [0.05, 0.1) is 11.5 Å². The third-order valence-corrected chi connectivity index (χ3v) is 8.48. The number of likely N-dealkylation sites (tertiary alicyclic amines) is 1. The van der Waals surface area contributed by atoms with Crippen LogP contribution in [0.2, 0.25) is 0 Å². The number of thiophene rings is 1. The van der Waals surface area contributed by atoms with Crippen molar-refractivity contribution in [2.45, 2.75) is 32.2 Å². The molecule has 1 aliphatic heterocycles. The number of benzene rings is 1. The number of carbonyl (C=O) groups is 2. The van der Waals surface area contributed by atoms with Crippen LogP contribution in [0.15, 0.2) is 30.3 Å². The van der Waals surface area contributed by atoms with Crippen LogP contribution in [0.5, 0.6) is 0 Å². The average molecular weight is 495 g/mol. The molecule has 1 saturated heterocycles. The third-order valence-electron chi connectivity index (χ3n) is 7.39. The van der Waals surface area contributed by atoms with Crippen LogP contribution >= 0.6 is 11.3 Å². The first-order valence-corrected chi connectivity index (χ1v) is 13.0. The van der Waals surface area contributed by atoms with Gasteiger partial charge in [0.2, 0.25) is 5.91 Å². The number of amides is 3. The normalized spacial score (nSPS) is 21.4. The molecule has 3 N–H and O–H groups in total. The van der Waals surface area contributed by atoms with Crippen molar-refractivity contribution in [3.8, 4) is 6.07 Å². The largest absolute Gasteiger partial charge is 0.389 e. The number of rotatable bonds is 6. The summed E-state index contributed by atoms with van der Waals surface area (Å²) in [6.45, 7) is 3.88. The lowest BCUT2D eigenvalue weighted by molar-refractivity contribution is -0.135. The van der Waals surface area contributed by atoms with E-state index in [4.69, 9.17) is 5.73 Å². The number of hydrogen-bond acceptors (Lipinski definition) is 7. The van der Waals surface area contributed by atoms with Crippen LogP contribution < -0.4 is 16.0 Å². The molecule has 1 aliphatic carbocycles. The maximum absolute atomic E-state index is 13.4. The first-order chi connectivity index (χ1) is 16.8. The van der Waals surface area contributed by atoms with Gasteiger partial charge in [-0.3, -0.25) is 9.69 Å². The van der Waals surface area contributed by atoms with E-state index >= 15 is 0 Å². The Labute approximate surface area is 211 Å². The van der Waals surface area contributed by atoms with Gasteiger partial charge in [-0.25, -0.2) is 4.79 Å². The molecular weight excluding hydrogens is 460 g/mol. The van der Waals surface area contributed by atoms with Crippen LogP contribution in [0, 0.1) is 23.2 Å². The van der Waals surface area contributed by atoms with Crippen LogP contribution in [-0.2, 0) is 17.6 Å². The highest BCUT2D eigenvalue weighted by atomic mass is 32.1. The summed E-state index contributed by atoms with van der Waals surface area (Å²) in [4.78, 5) is 33.2. The second-order valence-corrected chi connectivity index (χ2v) is 10.7. The van der Waals surface area contributed by atoms with Crippen molar-refractivity contribution < 1.29 is 9.59 Å². The minimum Gasteiger partial charge on any atom is -0.389 e. The molecule has 3 atom stereocenters. The predicted molar refractivity (Wildman–Crippen MR) is 139 cm³/mol. The van der Waals surface area contributed by atoms with Crippen molar-refractivity contribution in [2.24, 2.45) is 11.8 Å². The fraction of sp³-hybridized carbons (Fsp3) is 0.500. The van der Waals surface area contributed by atoms with Crippen molar-refractivity contribution in [1.29, 1.82) is 5.26 Å². The zero-order chi connectivity index (χ0) is 25.1. The number of nitrogens with two attached hydrogens (primary N) is 1. The number of nitrogens with one attached hydrogen (secondary N) is 1. The molecule has 4 rings (SSSR count). The number of anilines is 2. The van der Waals surface area contributed by atoms with Gasteiger partial charge in [0, 0.05) is 49.8 Å². The number of hydrogen-bond donors (Lipinski definition) is 2. The number of nitrogens with zero attached hydrogens (tertiary/aromatic N) is 4. The smallest absolute Gasteiger partial charge is 0.324 e. The molecule has 186 valence electrons. The summed E-state index contributed by atoms with van der Waals surface area (Å²) in [7, 11) is 4.03. The Morgan fingerprint density at radius 3 is 2.71 bits per heavy atom. The summed E-state index contributed by atoms with van der Waals surface area (Å²) in [5.41, 5.74) is 8.83. The summed E-state index contributed by atoms with van der Waals surface area (Å²) in [6, 6.07) is 12.2. The lowest BCUT2D eigenvalue weighted by Crippen LogP contribution is -2.55. The molecule has 8 nitrogen and oxygen atoms in total. The number of nitriles is 1. The number of likely N-dealkylation sites (N-methyl/N-ethyl adjacent to an activating group) is 2. The molecule has 0 spiro atoms. The van der Waals surface area contributed by atoms with Crippen LogP contribution in [0.1, 0.15) is 29.3 Å². The molecule has 0 unspecified atom stereocenters. The summed E-state index contributed by atoms with van der Waals surface area (Å²) in [6.07, 6.45) is 2.34. The molecule has 3 amide bonds. The van der Waals surface area contributed by atoms with Crippen molar-refractivity contribution >= 4 is 34.0 Å². The Bertz CT molecular complexity index is 1110. The standard InChI is InChI=1S/C26H34N6O2S/c1-4-32(26(34)29-10-11-30(2)19-8-6-5-7-9-19)25(33)18-12-17-13-20-21(15-27)24(28)35-23(20)14-22(17)31(3)16-18/h5-9,17-18,22H,4,10-14,16,28H2,1-3H3,(H,29,34)/t17-,18-,22-/m1/s1. The highest BCUT2D eigenvalue weighted by Crippen LogP contribution is 2.42. The Balaban J connectivity index is 1.37. The van der Waals surface area contributed by atoms with Crippen LogP contribution in [0.3, 0.4) is 0 Å². The summed E-state index contributed by atoms with van der Waals surface area (Å²) >= 11 is 1.52. The van der Waals surface area contributed by atoms with E-state index < -0.39 is 0 Å². The summed E-state index contributed by atoms with van der Waals surface area (Å²) in [5.74, 6) is -0.109. The Morgan fingerprint density at radius 2 is 2.03 bits per heavy atom. The SMILES string of the molecule is CCN(C(=O)NCCN(C)c1ccccc1)C(=O)[C@@H]1C[C@@H]2Cc3c(sc(N)c3C#N)C[C@H]2N(C)C1. The van der Waals surface area contributed by atoms with E-state index in [1.54, 1.807) is 0 Å². The molecule has 9 heteroatoms. The zero-order valence-corrected chi connectivity index (χ0v) is 21.5. The van der Waals surface area contributed by atoms with Crippen molar-refractivity contribution in [2.75, 3.05) is 50.9 Å². The minimum absolute atomic E-state index is 0.122. The second-order valence-electron chi connectivity index (χ2n) is 9.53. The molecule has 0 saturated carbocycles. The second kappa shape index (κ2) is 10.7.